The summed E-state index contributed by atoms with van der Waals surface area (Å²) in [6.07, 6.45) is 6.24. The maximum atomic E-state index is 4.20. The fourth-order valence-electron chi connectivity index (χ4n) is 1.76. The molecule has 86 valence electrons. The quantitative estimate of drug-likeness (QED) is 0.780. The SMILES string of the molecule is CCC(CC)NCc1cncn1C(C)C. The van der Waals surface area contributed by atoms with Crippen molar-refractivity contribution < 1.29 is 0 Å². The minimum atomic E-state index is 0.492. The summed E-state index contributed by atoms with van der Waals surface area (Å²) in [6.45, 7) is 9.73. The van der Waals surface area contributed by atoms with Gasteiger partial charge in [-0.05, 0) is 26.7 Å². The summed E-state index contributed by atoms with van der Waals surface area (Å²) < 4.78 is 2.22. The first-order chi connectivity index (χ1) is 7.19. The van der Waals surface area contributed by atoms with Gasteiger partial charge in [0.1, 0.15) is 0 Å². The van der Waals surface area contributed by atoms with E-state index in [0.717, 1.165) is 6.54 Å². The minimum absolute atomic E-state index is 0.492. The summed E-state index contributed by atoms with van der Waals surface area (Å²) in [5.41, 5.74) is 1.27. The number of imidazole rings is 1. The summed E-state index contributed by atoms with van der Waals surface area (Å²) in [5, 5.41) is 3.56. The van der Waals surface area contributed by atoms with E-state index in [2.05, 4.69) is 42.6 Å². The van der Waals surface area contributed by atoms with Crippen LogP contribution in [0, 0.1) is 0 Å². The van der Waals surface area contributed by atoms with Gasteiger partial charge in [0.25, 0.3) is 0 Å². The molecule has 0 aliphatic rings. The van der Waals surface area contributed by atoms with Crippen molar-refractivity contribution in [2.24, 2.45) is 0 Å². The summed E-state index contributed by atoms with van der Waals surface area (Å²) in [6, 6.07) is 1.12. The van der Waals surface area contributed by atoms with Gasteiger partial charge in [-0.2, -0.15) is 0 Å². The van der Waals surface area contributed by atoms with Gasteiger partial charge < -0.3 is 9.88 Å². The molecule has 0 unspecified atom stereocenters. The van der Waals surface area contributed by atoms with Crippen LogP contribution in [0.5, 0.6) is 0 Å². The van der Waals surface area contributed by atoms with Crippen LogP contribution in [0.4, 0.5) is 0 Å². The summed E-state index contributed by atoms with van der Waals surface area (Å²) >= 11 is 0. The molecule has 0 aromatic carbocycles. The zero-order valence-corrected chi connectivity index (χ0v) is 10.3. The Bertz CT molecular complexity index is 274. The predicted octanol–water partition coefficient (Wildman–Crippen LogP) is 2.74. The molecule has 3 nitrogen and oxygen atoms in total. The normalized spacial score (nSPS) is 11.6. The van der Waals surface area contributed by atoms with E-state index in [0.29, 0.717) is 12.1 Å². The average molecular weight is 209 g/mol. The number of aromatic nitrogens is 2. The van der Waals surface area contributed by atoms with E-state index in [1.807, 2.05) is 12.5 Å². The summed E-state index contributed by atoms with van der Waals surface area (Å²) in [7, 11) is 0. The number of rotatable bonds is 6. The Kier molecular flexibility index (Phi) is 4.82. The smallest absolute Gasteiger partial charge is 0.0951 e. The van der Waals surface area contributed by atoms with Crippen molar-refractivity contribution >= 4 is 0 Å². The van der Waals surface area contributed by atoms with Crippen LogP contribution < -0.4 is 5.32 Å². The van der Waals surface area contributed by atoms with E-state index >= 15 is 0 Å². The Morgan fingerprint density at radius 2 is 2.00 bits per heavy atom. The molecule has 1 aromatic rings. The fourth-order valence-corrected chi connectivity index (χ4v) is 1.76. The molecule has 3 heteroatoms. The van der Waals surface area contributed by atoms with Gasteiger partial charge in [0.15, 0.2) is 0 Å². The number of nitrogens with one attached hydrogen (secondary N) is 1. The minimum Gasteiger partial charge on any atom is -0.331 e. The van der Waals surface area contributed by atoms with E-state index in [1.54, 1.807) is 0 Å². The molecule has 1 N–H and O–H groups in total. The third-order valence-electron chi connectivity index (χ3n) is 2.86. The van der Waals surface area contributed by atoms with Crippen molar-refractivity contribution in [3.63, 3.8) is 0 Å². The lowest BCUT2D eigenvalue weighted by atomic mass is 10.2. The van der Waals surface area contributed by atoms with Crippen molar-refractivity contribution in [3.05, 3.63) is 18.2 Å². The lowest BCUT2D eigenvalue weighted by molar-refractivity contribution is 0.464. The number of hydrogen-bond donors (Lipinski definition) is 1. The molecule has 0 saturated carbocycles. The Morgan fingerprint density at radius 1 is 1.33 bits per heavy atom. The average Bonchev–Trinajstić information content (AvgIpc) is 2.67. The molecule has 0 radical (unpaired) electrons. The van der Waals surface area contributed by atoms with Gasteiger partial charge in [-0.15, -0.1) is 0 Å². The van der Waals surface area contributed by atoms with Crippen LogP contribution in [-0.4, -0.2) is 15.6 Å². The predicted molar refractivity (Wildman–Crippen MR) is 63.8 cm³/mol. The molecular formula is C12H23N3. The standard InChI is InChI=1S/C12H23N3/c1-5-11(6-2)14-8-12-7-13-9-15(12)10(3)4/h7,9-11,14H,5-6,8H2,1-4H3. The molecule has 0 saturated heterocycles. The molecule has 1 rings (SSSR count). The first-order valence-electron chi connectivity index (χ1n) is 5.93. The number of nitrogens with zero attached hydrogens (tertiary/aromatic N) is 2. The van der Waals surface area contributed by atoms with Crippen LogP contribution in [-0.2, 0) is 6.54 Å². The van der Waals surface area contributed by atoms with Crippen LogP contribution in [0.2, 0.25) is 0 Å². The monoisotopic (exact) mass is 209 g/mol. The molecule has 0 spiro atoms. The number of hydrogen-bond acceptors (Lipinski definition) is 2. The van der Waals surface area contributed by atoms with Crippen molar-refractivity contribution in [1.29, 1.82) is 0 Å². The second-order valence-corrected chi connectivity index (χ2v) is 4.28. The molecule has 1 aromatic heterocycles. The van der Waals surface area contributed by atoms with Crippen molar-refractivity contribution in [1.82, 2.24) is 14.9 Å². The third kappa shape index (κ3) is 3.34. The zero-order valence-electron chi connectivity index (χ0n) is 10.3. The van der Waals surface area contributed by atoms with Crippen LogP contribution in [0.25, 0.3) is 0 Å². The topological polar surface area (TPSA) is 29.9 Å². The van der Waals surface area contributed by atoms with Gasteiger partial charge in [0.05, 0.1) is 12.0 Å². The van der Waals surface area contributed by atoms with Crippen LogP contribution in [0.15, 0.2) is 12.5 Å². The largest absolute Gasteiger partial charge is 0.331 e. The first kappa shape index (κ1) is 12.2. The van der Waals surface area contributed by atoms with Crippen molar-refractivity contribution in [2.75, 3.05) is 0 Å². The molecule has 0 aliphatic carbocycles. The van der Waals surface area contributed by atoms with Crippen molar-refractivity contribution in [3.8, 4) is 0 Å². The van der Waals surface area contributed by atoms with E-state index in [-0.39, 0.29) is 0 Å². The molecule has 0 fully saturated rings. The molecule has 0 aliphatic heterocycles. The highest BCUT2D eigenvalue weighted by molar-refractivity contribution is 4.99. The van der Waals surface area contributed by atoms with E-state index < -0.39 is 0 Å². The molecule has 0 bridgehead atoms. The molecule has 0 amide bonds. The lowest BCUT2D eigenvalue weighted by Crippen LogP contribution is -2.28. The lowest BCUT2D eigenvalue weighted by Gasteiger charge is -2.17. The third-order valence-corrected chi connectivity index (χ3v) is 2.86. The van der Waals surface area contributed by atoms with Crippen LogP contribution >= 0.6 is 0 Å². The molecule has 0 atom stereocenters. The second kappa shape index (κ2) is 5.91. The Balaban J connectivity index is 2.53. The van der Waals surface area contributed by atoms with E-state index in [9.17, 15) is 0 Å². The van der Waals surface area contributed by atoms with Gasteiger partial charge in [0.2, 0.25) is 0 Å². The Hall–Kier alpha value is -0.830. The maximum absolute atomic E-state index is 4.20. The fraction of sp³-hybridized carbons (Fsp3) is 0.750. The Morgan fingerprint density at radius 3 is 2.53 bits per heavy atom. The molecule has 15 heavy (non-hydrogen) atoms. The summed E-state index contributed by atoms with van der Waals surface area (Å²) in [4.78, 5) is 4.20. The zero-order chi connectivity index (χ0) is 11.3. The van der Waals surface area contributed by atoms with Gasteiger partial charge in [-0.1, -0.05) is 13.8 Å². The van der Waals surface area contributed by atoms with Crippen LogP contribution in [0.3, 0.4) is 0 Å². The summed E-state index contributed by atoms with van der Waals surface area (Å²) in [5.74, 6) is 0. The molecule has 1 heterocycles. The van der Waals surface area contributed by atoms with E-state index in [4.69, 9.17) is 0 Å². The highest BCUT2D eigenvalue weighted by Gasteiger charge is 2.07. The van der Waals surface area contributed by atoms with Gasteiger partial charge in [0, 0.05) is 24.8 Å². The molecular weight excluding hydrogens is 186 g/mol. The highest BCUT2D eigenvalue weighted by Crippen LogP contribution is 2.09. The first-order valence-corrected chi connectivity index (χ1v) is 5.93. The van der Waals surface area contributed by atoms with Gasteiger partial charge >= 0.3 is 0 Å². The second-order valence-electron chi connectivity index (χ2n) is 4.28. The highest BCUT2D eigenvalue weighted by atomic mass is 15.1. The Labute approximate surface area is 92.9 Å². The van der Waals surface area contributed by atoms with Crippen molar-refractivity contribution in [2.45, 2.75) is 59.2 Å². The maximum Gasteiger partial charge on any atom is 0.0951 e. The van der Waals surface area contributed by atoms with Gasteiger partial charge in [-0.25, -0.2) is 4.98 Å². The van der Waals surface area contributed by atoms with E-state index in [1.165, 1.54) is 18.5 Å². The van der Waals surface area contributed by atoms with Gasteiger partial charge in [-0.3, -0.25) is 0 Å². The van der Waals surface area contributed by atoms with Crippen LogP contribution in [0.1, 0.15) is 52.3 Å².